The summed E-state index contributed by atoms with van der Waals surface area (Å²) in [6.07, 6.45) is 9.42. The Kier molecular flexibility index (Phi) is 3.69. The molecule has 5 heteroatoms. The Labute approximate surface area is 129 Å². The first kappa shape index (κ1) is 13.7. The molecule has 1 aromatic heterocycles. The number of piperidine rings is 1. The molecule has 1 saturated heterocycles. The van der Waals surface area contributed by atoms with Crippen LogP contribution in [0.3, 0.4) is 0 Å². The highest BCUT2D eigenvalue weighted by Crippen LogP contribution is 2.43. The molecule has 3 fully saturated rings. The predicted octanol–water partition coefficient (Wildman–Crippen LogP) is 3.31. The molecule has 114 valence electrons. The van der Waals surface area contributed by atoms with E-state index in [4.69, 9.17) is 0 Å². The van der Waals surface area contributed by atoms with Gasteiger partial charge in [0.25, 0.3) is 0 Å². The van der Waals surface area contributed by atoms with E-state index in [9.17, 15) is 4.79 Å². The van der Waals surface area contributed by atoms with Gasteiger partial charge in [0, 0.05) is 30.8 Å². The van der Waals surface area contributed by atoms with Gasteiger partial charge in [0.1, 0.15) is 10.0 Å². The van der Waals surface area contributed by atoms with Crippen LogP contribution in [0.2, 0.25) is 0 Å². The molecule has 2 saturated carbocycles. The Morgan fingerprint density at radius 3 is 2.05 bits per heavy atom. The number of hydrogen-bond acceptors (Lipinski definition) is 4. The molecular weight excluding hydrogens is 282 g/mol. The van der Waals surface area contributed by atoms with Crippen molar-refractivity contribution in [3.05, 3.63) is 10.0 Å². The van der Waals surface area contributed by atoms with Gasteiger partial charge in [-0.3, -0.25) is 4.79 Å². The Bertz CT molecular complexity index is 511. The van der Waals surface area contributed by atoms with Crippen LogP contribution in [0.15, 0.2) is 0 Å². The van der Waals surface area contributed by atoms with Gasteiger partial charge in [-0.15, -0.1) is 21.5 Å². The van der Waals surface area contributed by atoms with Crippen LogP contribution in [0, 0.1) is 5.92 Å². The normalized spacial score (nSPS) is 24.7. The maximum Gasteiger partial charge on any atom is 0.225 e. The average Bonchev–Trinajstić information content (AvgIpc) is 3.05. The van der Waals surface area contributed by atoms with Gasteiger partial charge in [0.15, 0.2) is 0 Å². The lowest BCUT2D eigenvalue weighted by Crippen LogP contribution is -2.40. The maximum atomic E-state index is 12.4. The molecule has 2 aliphatic carbocycles. The predicted molar refractivity (Wildman–Crippen MR) is 82.4 cm³/mol. The van der Waals surface area contributed by atoms with Gasteiger partial charge < -0.3 is 4.90 Å². The second-order valence-electron chi connectivity index (χ2n) is 6.83. The van der Waals surface area contributed by atoms with E-state index in [0.29, 0.717) is 23.7 Å². The zero-order valence-electron chi connectivity index (χ0n) is 12.5. The Hall–Kier alpha value is -0.970. The lowest BCUT2D eigenvalue weighted by atomic mass is 9.96. The second kappa shape index (κ2) is 5.67. The van der Waals surface area contributed by atoms with Crippen molar-refractivity contribution in [1.82, 2.24) is 15.1 Å². The molecular formula is C16H23N3OS. The third-order valence-electron chi connectivity index (χ3n) is 5.24. The number of rotatable bonds is 3. The van der Waals surface area contributed by atoms with Crippen molar-refractivity contribution in [1.29, 1.82) is 0 Å². The molecule has 0 N–H and O–H groups in total. The average molecular weight is 305 g/mol. The van der Waals surface area contributed by atoms with Crippen molar-refractivity contribution in [2.75, 3.05) is 13.1 Å². The molecule has 2 heterocycles. The fraction of sp³-hybridized carbons (Fsp3) is 0.812. The minimum Gasteiger partial charge on any atom is -0.342 e. The SMILES string of the molecule is O=C(C1CCCC1)N1CCC(c2nnc(C3CC3)s2)CC1. The summed E-state index contributed by atoms with van der Waals surface area (Å²) in [7, 11) is 0. The van der Waals surface area contributed by atoms with Gasteiger partial charge in [-0.25, -0.2) is 0 Å². The number of carbonyl (C=O) groups excluding carboxylic acids is 1. The number of carbonyl (C=O) groups is 1. The minimum atomic E-state index is 0.324. The van der Waals surface area contributed by atoms with Crippen molar-refractivity contribution in [2.24, 2.45) is 5.92 Å². The summed E-state index contributed by atoms with van der Waals surface area (Å²) in [6, 6.07) is 0. The van der Waals surface area contributed by atoms with Crippen LogP contribution >= 0.6 is 11.3 Å². The fourth-order valence-electron chi connectivity index (χ4n) is 3.68. The van der Waals surface area contributed by atoms with Gasteiger partial charge in [0.2, 0.25) is 5.91 Å². The van der Waals surface area contributed by atoms with E-state index in [0.717, 1.165) is 38.8 Å². The molecule has 0 bridgehead atoms. The zero-order chi connectivity index (χ0) is 14.2. The lowest BCUT2D eigenvalue weighted by molar-refractivity contribution is -0.136. The van der Waals surface area contributed by atoms with Crippen molar-refractivity contribution < 1.29 is 4.79 Å². The van der Waals surface area contributed by atoms with Crippen LogP contribution in [0.5, 0.6) is 0 Å². The molecule has 4 nitrogen and oxygen atoms in total. The minimum absolute atomic E-state index is 0.324. The van der Waals surface area contributed by atoms with Crippen LogP contribution in [-0.4, -0.2) is 34.1 Å². The molecule has 0 atom stereocenters. The first-order valence-electron chi connectivity index (χ1n) is 8.43. The van der Waals surface area contributed by atoms with E-state index in [1.165, 1.54) is 35.7 Å². The zero-order valence-corrected chi connectivity index (χ0v) is 13.3. The van der Waals surface area contributed by atoms with E-state index in [-0.39, 0.29) is 0 Å². The number of likely N-dealkylation sites (tertiary alicyclic amines) is 1. The lowest BCUT2D eigenvalue weighted by Gasteiger charge is -2.32. The van der Waals surface area contributed by atoms with Gasteiger partial charge in [-0.1, -0.05) is 12.8 Å². The van der Waals surface area contributed by atoms with E-state index < -0.39 is 0 Å². The van der Waals surface area contributed by atoms with Gasteiger partial charge in [-0.05, 0) is 38.5 Å². The summed E-state index contributed by atoms with van der Waals surface area (Å²) < 4.78 is 0. The summed E-state index contributed by atoms with van der Waals surface area (Å²) in [4.78, 5) is 14.6. The maximum absolute atomic E-state index is 12.4. The fourth-order valence-corrected chi connectivity index (χ4v) is 4.87. The quantitative estimate of drug-likeness (QED) is 0.860. The van der Waals surface area contributed by atoms with Crippen LogP contribution in [-0.2, 0) is 4.79 Å². The molecule has 1 aliphatic heterocycles. The van der Waals surface area contributed by atoms with E-state index in [2.05, 4.69) is 15.1 Å². The number of aromatic nitrogens is 2. The van der Waals surface area contributed by atoms with E-state index in [1.54, 1.807) is 0 Å². The summed E-state index contributed by atoms with van der Waals surface area (Å²) in [6.45, 7) is 1.83. The smallest absolute Gasteiger partial charge is 0.225 e. The largest absolute Gasteiger partial charge is 0.342 e. The van der Waals surface area contributed by atoms with Gasteiger partial charge in [-0.2, -0.15) is 0 Å². The highest BCUT2D eigenvalue weighted by atomic mass is 32.1. The highest BCUT2D eigenvalue weighted by molar-refractivity contribution is 7.11. The highest BCUT2D eigenvalue weighted by Gasteiger charge is 2.33. The monoisotopic (exact) mass is 305 g/mol. The van der Waals surface area contributed by atoms with Crippen molar-refractivity contribution in [3.63, 3.8) is 0 Å². The van der Waals surface area contributed by atoms with Crippen molar-refractivity contribution in [3.8, 4) is 0 Å². The first-order valence-corrected chi connectivity index (χ1v) is 9.25. The summed E-state index contributed by atoms with van der Waals surface area (Å²) >= 11 is 1.82. The third kappa shape index (κ3) is 2.85. The molecule has 0 radical (unpaired) electrons. The molecule has 1 aromatic rings. The summed E-state index contributed by atoms with van der Waals surface area (Å²) in [5, 5.41) is 11.2. The topological polar surface area (TPSA) is 46.1 Å². The molecule has 3 aliphatic rings. The molecule has 0 spiro atoms. The summed E-state index contributed by atoms with van der Waals surface area (Å²) in [5.41, 5.74) is 0. The molecule has 21 heavy (non-hydrogen) atoms. The summed E-state index contributed by atoms with van der Waals surface area (Å²) in [5.74, 6) is 1.98. The third-order valence-corrected chi connectivity index (χ3v) is 6.49. The van der Waals surface area contributed by atoms with Gasteiger partial charge >= 0.3 is 0 Å². The molecule has 4 rings (SSSR count). The number of nitrogens with zero attached hydrogens (tertiary/aromatic N) is 3. The van der Waals surface area contributed by atoms with Crippen molar-refractivity contribution >= 4 is 17.2 Å². The van der Waals surface area contributed by atoms with Crippen LogP contribution in [0.1, 0.15) is 73.2 Å². The number of hydrogen-bond donors (Lipinski definition) is 0. The Morgan fingerprint density at radius 1 is 0.905 bits per heavy atom. The van der Waals surface area contributed by atoms with Crippen LogP contribution < -0.4 is 0 Å². The van der Waals surface area contributed by atoms with Crippen LogP contribution in [0.25, 0.3) is 0 Å². The first-order chi connectivity index (χ1) is 10.3. The Morgan fingerprint density at radius 2 is 1.48 bits per heavy atom. The molecule has 0 unspecified atom stereocenters. The standard InChI is InChI=1S/C16H23N3OS/c20-16(13-3-1-2-4-13)19-9-7-12(8-10-19)15-18-17-14(21-15)11-5-6-11/h11-13H,1-10H2. The second-order valence-corrected chi connectivity index (χ2v) is 7.87. The van der Waals surface area contributed by atoms with E-state index >= 15 is 0 Å². The van der Waals surface area contributed by atoms with E-state index in [1.807, 2.05) is 11.3 Å². The van der Waals surface area contributed by atoms with Gasteiger partial charge in [0.05, 0.1) is 0 Å². The molecule has 1 amide bonds. The van der Waals surface area contributed by atoms with Crippen LogP contribution in [0.4, 0.5) is 0 Å². The Balaban J connectivity index is 1.34. The molecule has 0 aromatic carbocycles. The van der Waals surface area contributed by atoms with Crippen molar-refractivity contribution in [2.45, 2.75) is 63.2 Å². The number of amides is 1.